The van der Waals surface area contributed by atoms with Gasteiger partial charge in [-0.25, -0.2) is 4.98 Å². The molecule has 31 heavy (non-hydrogen) atoms. The summed E-state index contributed by atoms with van der Waals surface area (Å²) in [6.07, 6.45) is 3.29. The maximum atomic E-state index is 12.2. The molecule has 0 unspecified atom stereocenters. The Hall–Kier alpha value is -4.20. The number of ether oxygens (including phenoxy) is 2. The number of rotatable bonds is 7. The van der Waals surface area contributed by atoms with Gasteiger partial charge < -0.3 is 9.47 Å². The lowest BCUT2D eigenvalue weighted by atomic mass is 10.1. The molecule has 2 aromatic carbocycles. The molecule has 156 valence electrons. The zero-order valence-electron chi connectivity index (χ0n) is 16.7. The summed E-state index contributed by atoms with van der Waals surface area (Å²) >= 11 is 0. The van der Waals surface area contributed by atoms with Crippen LogP contribution in [0.2, 0.25) is 0 Å². The molecule has 0 spiro atoms. The third-order valence-corrected chi connectivity index (χ3v) is 4.61. The van der Waals surface area contributed by atoms with Crippen LogP contribution >= 0.6 is 0 Å². The van der Waals surface area contributed by atoms with Crippen LogP contribution in [0.25, 0.3) is 16.9 Å². The van der Waals surface area contributed by atoms with Crippen LogP contribution in [-0.2, 0) is 11.2 Å². The Morgan fingerprint density at radius 1 is 1.00 bits per heavy atom. The predicted octanol–water partition coefficient (Wildman–Crippen LogP) is 4.46. The van der Waals surface area contributed by atoms with Crippen LogP contribution < -0.4 is 9.47 Å². The zero-order chi connectivity index (χ0) is 21.8. The number of carbonyl (C=O) groups is 1. The van der Waals surface area contributed by atoms with Gasteiger partial charge in [-0.2, -0.15) is 0 Å². The third kappa shape index (κ3) is 4.69. The zero-order valence-corrected chi connectivity index (χ0v) is 16.7. The number of esters is 1. The number of nitrogens with zero attached hydrogens (tertiary/aromatic N) is 3. The van der Waals surface area contributed by atoms with Gasteiger partial charge in [0.25, 0.3) is 5.69 Å². The van der Waals surface area contributed by atoms with Crippen LogP contribution in [-0.4, -0.2) is 26.9 Å². The Bertz CT molecular complexity index is 1230. The standard InChI is InChI=1S/C23H19N3O5/c1-2-30-19-8-3-16(4-9-19)13-23(27)31-20-10-5-17(6-11-20)21-15-25-14-18(26(28)29)7-12-22(25)24-21/h3-12,14-15H,2,13H2,1H3. The topological polar surface area (TPSA) is 96.0 Å². The Labute approximate surface area is 177 Å². The molecule has 0 atom stereocenters. The van der Waals surface area contributed by atoms with Crippen molar-refractivity contribution >= 4 is 17.3 Å². The van der Waals surface area contributed by atoms with Crippen molar-refractivity contribution in [3.8, 4) is 22.8 Å². The van der Waals surface area contributed by atoms with E-state index in [1.807, 2.05) is 31.2 Å². The highest BCUT2D eigenvalue weighted by molar-refractivity contribution is 5.75. The maximum absolute atomic E-state index is 12.2. The highest BCUT2D eigenvalue weighted by Gasteiger charge is 2.11. The van der Waals surface area contributed by atoms with E-state index in [0.29, 0.717) is 23.7 Å². The minimum atomic E-state index is -0.449. The van der Waals surface area contributed by atoms with Crippen molar-refractivity contribution in [2.24, 2.45) is 0 Å². The molecule has 4 aromatic rings. The van der Waals surface area contributed by atoms with Crippen molar-refractivity contribution in [3.63, 3.8) is 0 Å². The Kier molecular flexibility index (Phi) is 5.61. The minimum Gasteiger partial charge on any atom is -0.494 e. The van der Waals surface area contributed by atoms with Gasteiger partial charge in [-0.3, -0.25) is 19.3 Å². The monoisotopic (exact) mass is 417 g/mol. The van der Waals surface area contributed by atoms with Crippen LogP contribution in [0.15, 0.2) is 73.1 Å². The van der Waals surface area contributed by atoms with E-state index in [9.17, 15) is 14.9 Å². The number of aromatic nitrogens is 2. The average Bonchev–Trinajstić information content (AvgIpc) is 3.19. The lowest BCUT2D eigenvalue weighted by molar-refractivity contribution is -0.385. The fourth-order valence-corrected chi connectivity index (χ4v) is 3.13. The number of hydrogen-bond acceptors (Lipinski definition) is 6. The summed E-state index contributed by atoms with van der Waals surface area (Å²) in [6.45, 7) is 2.50. The molecule has 0 amide bonds. The van der Waals surface area contributed by atoms with Crippen LogP contribution in [0.1, 0.15) is 12.5 Å². The summed E-state index contributed by atoms with van der Waals surface area (Å²) in [5, 5.41) is 10.9. The lowest BCUT2D eigenvalue weighted by Gasteiger charge is -2.06. The second-order valence-electron chi connectivity index (χ2n) is 6.79. The minimum absolute atomic E-state index is 0.00811. The molecule has 0 saturated carbocycles. The molecule has 0 aliphatic carbocycles. The maximum Gasteiger partial charge on any atom is 0.315 e. The first kappa shape index (κ1) is 20.1. The Balaban J connectivity index is 1.42. The lowest BCUT2D eigenvalue weighted by Crippen LogP contribution is -2.11. The molecular formula is C23H19N3O5. The molecule has 0 radical (unpaired) electrons. The van der Waals surface area contributed by atoms with Crippen molar-refractivity contribution in [3.05, 3.63) is 88.7 Å². The first-order chi connectivity index (χ1) is 15.0. The Morgan fingerprint density at radius 2 is 1.71 bits per heavy atom. The van der Waals surface area contributed by atoms with Crippen LogP contribution in [0.3, 0.4) is 0 Å². The van der Waals surface area contributed by atoms with Crippen molar-refractivity contribution in [2.45, 2.75) is 13.3 Å². The summed E-state index contributed by atoms with van der Waals surface area (Å²) in [5.41, 5.74) is 2.90. The molecule has 0 N–H and O–H groups in total. The van der Waals surface area contributed by atoms with Crippen LogP contribution in [0.4, 0.5) is 5.69 Å². The third-order valence-electron chi connectivity index (χ3n) is 4.61. The highest BCUT2D eigenvalue weighted by Crippen LogP contribution is 2.24. The summed E-state index contributed by atoms with van der Waals surface area (Å²) in [6, 6.07) is 17.3. The number of carbonyl (C=O) groups excluding carboxylic acids is 1. The molecule has 0 aliphatic heterocycles. The second-order valence-corrected chi connectivity index (χ2v) is 6.79. The number of fused-ring (bicyclic) bond motifs is 1. The smallest absolute Gasteiger partial charge is 0.315 e. The number of nitro groups is 1. The summed E-state index contributed by atoms with van der Waals surface area (Å²) in [7, 11) is 0. The number of pyridine rings is 1. The molecule has 8 nitrogen and oxygen atoms in total. The molecule has 0 bridgehead atoms. The van der Waals surface area contributed by atoms with E-state index >= 15 is 0 Å². The van der Waals surface area contributed by atoms with Gasteiger partial charge in [0.2, 0.25) is 0 Å². The van der Waals surface area contributed by atoms with Crippen LogP contribution in [0, 0.1) is 10.1 Å². The molecule has 0 fully saturated rings. The fraction of sp³-hybridized carbons (Fsp3) is 0.130. The average molecular weight is 417 g/mol. The number of hydrogen-bond donors (Lipinski definition) is 0. The van der Waals surface area contributed by atoms with E-state index < -0.39 is 4.92 Å². The first-order valence-electron chi connectivity index (χ1n) is 9.68. The van der Waals surface area contributed by atoms with E-state index in [1.54, 1.807) is 40.9 Å². The van der Waals surface area contributed by atoms with E-state index in [2.05, 4.69) is 4.98 Å². The second kappa shape index (κ2) is 8.66. The van der Waals surface area contributed by atoms with Gasteiger partial charge >= 0.3 is 5.97 Å². The number of benzene rings is 2. The SMILES string of the molecule is CCOc1ccc(CC(=O)Oc2ccc(-c3cn4cc([N+](=O)[O-])ccc4n3)cc2)cc1. The van der Waals surface area contributed by atoms with Crippen molar-refractivity contribution in [1.29, 1.82) is 0 Å². The number of imidazole rings is 1. The van der Waals surface area contributed by atoms with Crippen LogP contribution in [0.5, 0.6) is 11.5 Å². The van der Waals surface area contributed by atoms with Crippen molar-refractivity contribution in [1.82, 2.24) is 9.38 Å². The molecule has 8 heteroatoms. The van der Waals surface area contributed by atoms with Gasteiger partial charge in [-0.1, -0.05) is 12.1 Å². The van der Waals surface area contributed by atoms with Gasteiger partial charge in [0.05, 0.1) is 29.8 Å². The van der Waals surface area contributed by atoms with Crippen molar-refractivity contribution in [2.75, 3.05) is 6.61 Å². The first-order valence-corrected chi connectivity index (χ1v) is 9.68. The van der Waals surface area contributed by atoms with Gasteiger partial charge in [0.1, 0.15) is 17.1 Å². The van der Waals surface area contributed by atoms with Gasteiger partial charge in [-0.15, -0.1) is 0 Å². The summed E-state index contributed by atoms with van der Waals surface area (Å²) in [4.78, 5) is 27.2. The predicted molar refractivity (Wildman–Crippen MR) is 114 cm³/mol. The van der Waals surface area contributed by atoms with E-state index in [-0.39, 0.29) is 18.1 Å². The molecule has 0 saturated heterocycles. The van der Waals surface area contributed by atoms with E-state index in [1.165, 1.54) is 12.3 Å². The Morgan fingerprint density at radius 3 is 2.39 bits per heavy atom. The van der Waals surface area contributed by atoms with E-state index in [0.717, 1.165) is 16.9 Å². The quantitative estimate of drug-likeness (QED) is 0.191. The highest BCUT2D eigenvalue weighted by atomic mass is 16.6. The molecule has 0 aliphatic rings. The largest absolute Gasteiger partial charge is 0.494 e. The molecule has 4 rings (SSSR count). The van der Waals surface area contributed by atoms with E-state index in [4.69, 9.17) is 9.47 Å². The fourth-order valence-electron chi connectivity index (χ4n) is 3.13. The summed E-state index contributed by atoms with van der Waals surface area (Å²) < 4.78 is 12.4. The molecule has 2 heterocycles. The normalized spacial score (nSPS) is 10.7. The molecule has 2 aromatic heterocycles. The van der Waals surface area contributed by atoms with Gasteiger partial charge in [-0.05, 0) is 55.0 Å². The molecular weight excluding hydrogens is 398 g/mol. The summed E-state index contributed by atoms with van der Waals surface area (Å²) in [5.74, 6) is 0.827. The van der Waals surface area contributed by atoms with Gasteiger partial charge in [0.15, 0.2) is 0 Å². The van der Waals surface area contributed by atoms with Gasteiger partial charge in [0, 0.05) is 17.8 Å². The van der Waals surface area contributed by atoms with Crippen molar-refractivity contribution < 1.29 is 19.2 Å².